The minimum absolute atomic E-state index is 0.103. The Hall–Kier alpha value is -2.02. The molecule has 1 amide bonds. The van der Waals surface area contributed by atoms with E-state index in [1.807, 2.05) is 6.07 Å². The van der Waals surface area contributed by atoms with Crippen molar-refractivity contribution in [3.63, 3.8) is 0 Å². The number of phenolic OH excluding ortho intramolecular Hbond substituents is 1. The molecule has 0 atom stereocenters. The van der Waals surface area contributed by atoms with Gasteiger partial charge in [-0.3, -0.25) is 4.79 Å². The molecular weight excluding hydrogens is 192 g/mol. The molecule has 4 heteroatoms. The molecule has 0 unspecified atom stereocenters. The van der Waals surface area contributed by atoms with Crippen molar-refractivity contribution in [2.45, 2.75) is 19.4 Å². The van der Waals surface area contributed by atoms with Crippen molar-refractivity contribution >= 4 is 5.91 Å². The minimum atomic E-state index is -0.894. The SMILES string of the molecule is CC(C)(C#N)NC(=O)c1ccc(O)cc1. The lowest BCUT2D eigenvalue weighted by Crippen LogP contribution is -2.42. The Morgan fingerprint density at radius 2 is 1.93 bits per heavy atom. The first-order valence-electron chi connectivity index (χ1n) is 4.47. The van der Waals surface area contributed by atoms with Gasteiger partial charge in [-0.25, -0.2) is 0 Å². The van der Waals surface area contributed by atoms with Gasteiger partial charge in [0, 0.05) is 5.56 Å². The summed E-state index contributed by atoms with van der Waals surface area (Å²) in [5, 5.41) is 20.3. The highest BCUT2D eigenvalue weighted by Gasteiger charge is 2.19. The molecule has 0 aliphatic rings. The monoisotopic (exact) mass is 204 g/mol. The molecule has 0 fully saturated rings. The average molecular weight is 204 g/mol. The van der Waals surface area contributed by atoms with Crippen molar-refractivity contribution in [1.29, 1.82) is 5.26 Å². The molecule has 0 aliphatic carbocycles. The summed E-state index contributed by atoms with van der Waals surface area (Å²) in [6.45, 7) is 3.23. The average Bonchev–Trinajstić information content (AvgIpc) is 2.18. The fourth-order valence-corrected chi connectivity index (χ4v) is 0.997. The van der Waals surface area contributed by atoms with Gasteiger partial charge in [0.15, 0.2) is 0 Å². The maximum Gasteiger partial charge on any atom is 0.252 e. The molecule has 0 saturated heterocycles. The number of amides is 1. The highest BCUT2D eigenvalue weighted by molar-refractivity contribution is 5.94. The predicted molar refractivity (Wildman–Crippen MR) is 55.3 cm³/mol. The smallest absolute Gasteiger partial charge is 0.252 e. The van der Waals surface area contributed by atoms with Crippen LogP contribution in [0.1, 0.15) is 24.2 Å². The fourth-order valence-electron chi connectivity index (χ4n) is 0.997. The van der Waals surface area contributed by atoms with Crippen LogP contribution in [0.2, 0.25) is 0 Å². The molecule has 1 rings (SSSR count). The number of hydrogen-bond acceptors (Lipinski definition) is 3. The highest BCUT2D eigenvalue weighted by atomic mass is 16.3. The van der Waals surface area contributed by atoms with Crippen LogP contribution in [0.3, 0.4) is 0 Å². The van der Waals surface area contributed by atoms with Gasteiger partial charge in [0.05, 0.1) is 6.07 Å². The van der Waals surface area contributed by atoms with E-state index >= 15 is 0 Å². The molecule has 78 valence electrons. The quantitative estimate of drug-likeness (QED) is 0.765. The van der Waals surface area contributed by atoms with Crippen molar-refractivity contribution in [1.82, 2.24) is 5.32 Å². The van der Waals surface area contributed by atoms with Crippen molar-refractivity contribution in [2.24, 2.45) is 0 Å². The van der Waals surface area contributed by atoms with Crippen molar-refractivity contribution in [3.8, 4) is 11.8 Å². The van der Waals surface area contributed by atoms with Crippen LogP contribution in [0.5, 0.6) is 5.75 Å². The second-order valence-electron chi connectivity index (χ2n) is 3.74. The van der Waals surface area contributed by atoms with E-state index in [9.17, 15) is 4.79 Å². The number of rotatable bonds is 2. The summed E-state index contributed by atoms with van der Waals surface area (Å²) >= 11 is 0. The van der Waals surface area contributed by atoms with Gasteiger partial charge in [0.25, 0.3) is 5.91 Å². The van der Waals surface area contributed by atoms with Gasteiger partial charge in [-0.05, 0) is 38.1 Å². The third-order valence-corrected chi connectivity index (χ3v) is 1.84. The molecule has 15 heavy (non-hydrogen) atoms. The lowest BCUT2D eigenvalue weighted by molar-refractivity contribution is 0.0929. The van der Waals surface area contributed by atoms with E-state index in [1.54, 1.807) is 13.8 Å². The molecule has 0 bridgehead atoms. The number of aromatic hydroxyl groups is 1. The van der Waals surface area contributed by atoms with Crippen LogP contribution < -0.4 is 5.32 Å². The molecule has 0 saturated carbocycles. The normalized spacial score (nSPS) is 10.5. The van der Waals surface area contributed by atoms with E-state index < -0.39 is 5.54 Å². The summed E-state index contributed by atoms with van der Waals surface area (Å²) in [6.07, 6.45) is 0. The zero-order chi connectivity index (χ0) is 11.5. The third kappa shape index (κ3) is 2.99. The molecule has 1 aromatic carbocycles. The maximum atomic E-state index is 11.6. The topological polar surface area (TPSA) is 73.1 Å². The molecule has 0 radical (unpaired) electrons. The van der Waals surface area contributed by atoms with Gasteiger partial charge in [-0.1, -0.05) is 0 Å². The maximum absolute atomic E-state index is 11.6. The van der Waals surface area contributed by atoms with Gasteiger partial charge in [0.2, 0.25) is 0 Å². The number of nitrogens with one attached hydrogen (secondary N) is 1. The molecule has 1 aromatic rings. The lowest BCUT2D eigenvalue weighted by atomic mass is 10.1. The minimum Gasteiger partial charge on any atom is -0.508 e. The zero-order valence-corrected chi connectivity index (χ0v) is 8.61. The first kappa shape index (κ1) is 11.1. The number of phenols is 1. The van der Waals surface area contributed by atoms with Gasteiger partial charge in [0.1, 0.15) is 11.3 Å². The first-order chi connectivity index (χ1) is 6.94. The Bertz CT molecular complexity index is 402. The molecule has 0 heterocycles. The van der Waals surface area contributed by atoms with Crippen LogP contribution >= 0.6 is 0 Å². The molecule has 0 aromatic heterocycles. The zero-order valence-electron chi connectivity index (χ0n) is 8.61. The van der Waals surface area contributed by atoms with Crippen LogP contribution in [0.15, 0.2) is 24.3 Å². The highest BCUT2D eigenvalue weighted by Crippen LogP contribution is 2.10. The van der Waals surface area contributed by atoms with Gasteiger partial charge in [-0.15, -0.1) is 0 Å². The summed E-state index contributed by atoms with van der Waals surface area (Å²) in [6, 6.07) is 7.82. The fraction of sp³-hybridized carbons (Fsp3) is 0.273. The summed E-state index contributed by atoms with van der Waals surface area (Å²) in [5.74, 6) is -0.229. The first-order valence-corrected chi connectivity index (χ1v) is 4.47. The molecule has 4 nitrogen and oxygen atoms in total. The number of carbonyl (C=O) groups is 1. The Labute approximate surface area is 88.2 Å². The second kappa shape index (κ2) is 4.01. The molecule has 2 N–H and O–H groups in total. The second-order valence-corrected chi connectivity index (χ2v) is 3.74. The Balaban J connectivity index is 2.79. The van der Waals surface area contributed by atoms with E-state index in [0.29, 0.717) is 5.56 Å². The van der Waals surface area contributed by atoms with Crippen LogP contribution in [0.25, 0.3) is 0 Å². The molecule has 0 spiro atoms. The number of carbonyl (C=O) groups excluding carboxylic acids is 1. The largest absolute Gasteiger partial charge is 0.508 e. The van der Waals surface area contributed by atoms with E-state index in [-0.39, 0.29) is 11.7 Å². The standard InChI is InChI=1S/C11H12N2O2/c1-11(2,7-12)13-10(15)8-3-5-9(14)6-4-8/h3-6,14H,1-2H3,(H,13,15). The molecular formula is C11H12N2O2. The van der Waals surface area contributed by atoms with Crippen LogP contribution in [0, 0.1) is 11.3 Å². The predicted octanol–water partition coefficient (Wildman–Crippen LogP) is 1.42. The van der Waals surface area contributed by atoms with Gasteiger partial charge < -0.3 is 10.4 Å². The van der Waals surface area contributed by atoms with E-state index in [0.717, 1.165) is 0 Å². The van der Waals surface area contributed by atoms with Crippen LogP contribution in [-0.4, -0.2) is 16.6 Å². The third-order valence-electron chi connectivity index (χ3n) is 1.84. The summed E-state index contributed by atoms with van der Waals surface area (Å²) in [4.78, 5) is 11.6. The Morgan fingerprint density at radius 1 is 1.40 bits per heavy atom. The van der Waals surface area contributed by atoms with Crippen LogP contribution in [0.4, 0.5) is 0 Å². The number of hydrogen-bond donors (Lipinski definition) is 2. The van der Waals surface area contributed by atoms with E-state index in [4.69, 9.17) is 10.4 Å². The Morgan fingerprint density at radius 3 is 2.40 bits per heavy atom. The van der Waals surface area contributed by atoms with E-state index in [1.165, 1.54) is 24.3 Å². The molecule has 0 aliphatic heterocycles. The van der Waals surface area contributed by atoms with Crippen molar-refractivity contribution < 1.29 is 9.90 Å². The number of nitriles is 1. The number of nitrogens with zero attached hydrogens (tertiary/aromatic N) is 1. The lowest BCUT2D eigenvalue weighted by Gasteiger charge is -2.17. The summed E-state index contributed by atoms with van der Waals surface area (Å²) < 4.78 is 0. The Kier molecular flexibility index (Phi) is 2.96. The van der Waals surface area contributed by atoms with Crippen molar-refractivity contribution in [3.05, 3.63) is 29.8 Å². The van der Waals surface area contributed by atoms with Crippen LogP contribution in [-0.2, 0) is 0 Å². The van der Waals surface area contributed by atoms with E-state index in [2.05, 4.69) is 5.32 Å². The summed E-state index contributed by atoms with van der Waals surface area (Å²) in [5.41, 5.74) is -0.481. The number of benzene rings is 1. The summed E-state index contributed by atoms with van der Waals surface area (Å²) in [7, 11) is 0. The van der Waals surface area contributed by atoms with Gasteiger partial charge >= 0.3 is 0 Å². The van der Waals surface area contributed by atoms with Gasteiger partial charge in [-0.2, -0.15) is 5.26 Å². The van der Waals surface area contributed by atoms with Crippen molar-refractivity contribution in [2.75, 3.05) is 0 Å².